The minimum absolute atomic E-state index is 0.0155. The van der Waals surface area contributed by atoms with Crippen LogP contribution >= 0.6 is 11.6 Å². The van der Waals surface area contributed by atoms with Crippen LogP contribution in [0, 0.1) is 18.7 Å². The zero-order valence-electron chi connectivity index (χ0n) is 28.7. The molecule has 1 amide bonds. The summed E-state index contributed by atoms with van der Waals surface area (Å²) in [5.41, 5.74) is 0.488. The van der Waals surface area contributed by atoms with Crippen molar-refractivity contribution in [3.8, 4) is 17.3 Å². The summed E-state index contributed by atoms with van der Waals surface area (Å²) in [5, 5.41) is 2.35. The molecule has 6 heterocycles. The molecule has 0 spiro atoms. The Kier molecular flexibility index (Phi) is 8.94. The molecule has 0 unspecified atom stereocenters. The molecule has 3 fully saturated rings. The van der Waals surface area contributed by atoms with E-state index in [2.05, 4.69) is 24.8 Å². The number of carbonyl (C=O) groups is 1. The number of benzene rings is 2. The lowest BCUT2D eigenvalue weighted by Crippen LogP contribution is -2.53. The van der Waals surface area contributed by atoms with Gasteiger partial charge in [0.05, 0.1) is 16.6 Å². The summed E-state index contributed by atoms with van der Waals surface area (Å²) < 4.78 is 52.4. The maximum absolute atomic E-state index is 16.8. The second-order valence-electron chi connectivity index (χ2n) is 14.0. The third-order valence-electron chi connectivity index (χ3n) is 10.4. The topological polar surface area (TPSA) is 100 Å². The molecule has 8 rings (SSSR count). The number of hydrogen-bond acceptors (Lipinski definition) is 9. The number of ether oxygens (including phenoxy) is 1. The number of aromatic nitrogens is 5. The van der Waals surface area contributed by atoms with Crippen LogP contribution in [-0.2, 0) is 4.79 Å². The van der Waals surface area contributed by atoms with Gasteiger partial charge < -0.3 is 14.5 Å². The SMILES string of the molecule is Cc1nccc(/C=C(\F)C(=O)N2CC(CN(C)c3nc(OC[C@@]45CCCN4C[C@H](F)C5)nc4c(F)c(-c5cccc6cccc(Cl)c56)ncc34)C2)n1. The Hall–Kier alpha value is -4.88. The van der Waals surface area contributed by atoms with E-state index in [9.17, 15) is 13.6 Å². The number of alkyl halides is 1. The molecule has 268 valence electrons. The van der Waals surface area contributed by atoms with E-state index in [4.69, 9.17) is 21.3 Å². The van der Waals surface area contributed by atoms with Crippen molar-refractivity contribution in [1.29, 1.82) is 0 Å². The Balaban J connectivity index is 1.09. The fraction of sp³-hybridized carbons (Fsp3) is 0.368. The van der Waals surface area contributed by atoms with Gasteiger partial charge in [0.25, 0.3) is 5.91 Å². The van der Waals surface area contributed by atoms with Gasteiger partial charge in [0.15, 0.2) is 11.6 Å². The average Bonchev–Trinajstić information content (AvgIpc) is 3.64. The summed E-state index contributed by atoms with van der Waals surface area (Å²) in [6.07, 6.45) is 5.33. The summed E-state index contributed by atoms with van der Waals surface area (Å²) >= 11 is 6.60. The lowest BCUT2D eigenvalue weighted by molar-refractivity contribution is -0.134. The molecule has 5 aromatic rings. The molecular formula is C38H36ClF3N8O2. The number of pyridine rings is 1. The average molecular weight is 729 g/mol. The maximum Gasteiger partial charge on any atom is 0.319 e. The molecular weight excluding hydrogens is 693 g/mol. The lowest BCUT2D eigenvalue weighted by atomic mass is 9.95. The maximum atomic E-state index is 16.8. The van der Waals surface area contributed by atoms with Crippen molar-refractivity contribution in [2.24, 2.45) is 5.92 Å². The van der Waals surface area contributed by atoms with Crippen molar-refractivity contribution < 1.29 is 22.7 Å². The molecule has 0 saturated carbocycles. The Morgan fingerprint density at radius 1 is 1.12 bits per heavy atom. The third-order valence-corrected chi connectivity index (χ3v) is 10.7. The lowest BCUT2D eigenvalue weighted by Gasteiger charge is -2.41. The normalized spacial score (nSPS) is 20.8. The molecule has 0 N–H and O–H groups in total. The fourth-order valence-electron chi connectivity index (χ4n) is 7.93. The highest BCUT2D eigenvalue weighted by atomic mass is 35.5. The first-order valence-corrected chi connectivity index (χ1v) is 17.7. The Morgan fingerprint density at radius 2 is 1.92 bits per heavy atom. The van der Waals surface area contributed by atoms with Gasteiger partial charge in [-0.05, 0) is 43.8 Å². The van der Waals surface area contributed by atoms with Crippen LogP contribution in [0.5, 0.6) is 6.01 Å². The molecule has 3 aliphatic rings. The molecule has 10 nitrogen and oxygen atoms in total. The van der Waals surface area contributed by atoms with Crippen molar-refractivity contribution in [3.63, 3.8) is 0 Å². The van der Waals surface area contributed by atoms with Crippen LogP contribution in [0.3, 0.4) is 0 Å². The molecule has 3 saturated heterocycles. The van der Waals surface area contributed by atoms with Gasteiger partial charge in [0.2, 0.25) is 0 Å². The highest BCUT2D eigenvalue weighted by molar-refractivity contribution is 6.36. The van der Waals surface area contributed by atoms with E-state index < -0.39 is 29.3 Å². The summed E-state index contributed by atoms with van der Waals surface area (Å²) in [6, 6.07) is 12.5. The number of nitrogens with zero attached hydrogens (tertiary/aromatic N) is 8. The first-order valence-electron chi connectivity index (χ1n) is 17.3. The highest BCUT2D eigenvalue weighted by Gasteiger charge is 2.49. The second kappa shape index (κ2) is 13.6. The van der Waals surface area contributed by atoms with Crippen LogP contribution in [-0.4, -0.2) is 98.7 Å². The monoisotopic (exact) mass is 728 g/mol. The number of hydrogen-bond donors (Lipinski definition) is 0. The van der Waals surface area contributed by atoms with Crippen molar-refractivity contribution in [2.75, 3.05) is 51.3 Å². The van der Waals surface area contributed by atoms with Crippen LogP contribution < -0.4 is 9.64 Å². The predicted octanol–water partition coefficient (Wildman–Crippen LogP) is 6.60. The van der Waals surface area contributed by atoms with Crippen LogP contribution in [0.4, 0.5) is 19.0 Å². The number of likely N-dealkylation sites (tertiary alicyclic amines) is 1. The molecule has 2 aromatic carbocycles. The van der Waals surface area contributed by atoms with E-state index in [1.807, 2.05) is 36.2 Å². The first-order chi connectivity index (χ1) is 25.1. The largest absolute Gasteiger partial charge is 0.461 e. The van der Waals surface area contributed by atoms with E-state index >= 15 is 4.39 Å². The molecule has 0 bridgehead atoms. The minimum atomic E-state index is -0.934. The molecule has 2 atom stereocenters. The standard InChI is InChI=1S/C38H36ClF3N8O2/c1-22-43-12-10-26(45-22)14-30(41)36(51)49-18-23(19-49)17-48(2)35-28-16-44-33(27-8-3-6-24-7-4-9-29(39)31(24)27)32(42)34(28)46-37(47-35)52-21-38-11-5-13-50(38)20-25(40)15-38/h3-4,6-10,12,14,16,23,25H,5,11,13,15,17-21H2,1-2H3/b30-14-/t25-,38+/m1/s1. The first kappa shape index (κ1) is 34.2. The van der Waals surface area contributed by atoms with Gasteiger partial charge in [-0.15, -0.1) is 0 Å². The van der Waals surface area contributed by atoms with Crippen LogP contribution in [0.15, 0.2) is 60.7 Å². The van der Waals surface area contributed by atoms with Gasteiger partial charge in [-0.1, -0.05) is 41.9 Å². The smallest absolute Gasteiger partial charge is 0.319 e. The van der Waals surface area contributed by atoms with Crippen LogP contribution in [0.2, 0.25) is 5.02 Å². The van der Waals surface area contributed by atoms with Gasteiger partial charge in [0.1, 0.15) is 35.6 Å². The van der Waals surface area contributed by atoms with Crippen molar-refractivity contribution in [3.05, 3.63) is 83.0 Å². The van der Waals surface area contributed by atoms with E-state index in [0.29, 0.717) is 71.3 Å². The number of fused-ring (bicyclic) bond motifs is 3. The molecule has 0 aliphatic carbocycles. The molecule has 52 heavy (non-hydrogen) atoms. The van der Waals surface area contributed by atoms with Crippen LogP contribution in [0.25, 0.3) is 39.0 Å². The summed E-state index contributed by atoms with van der Waals surface area (Å²) in [4.78, 5) is 40.2. The van der Waals surface area contributed by atoms with E-state index in [-0.39, 0.29) is 29.7 Å². The molecule has 14 heteroatoms. The van der Waals surface area contributed by atoms with E-state index in [1.165, 1.54) is 17.2 Å². The number of amides is 1. The van der Waals surface area contributed by atoms with Crippen molar-refractivity contribution in [1.82, 2.24) is 34.7 Å². The highest BCUT2D eigenvalue weighted by Crippen LogP contribution is 2.41. The zero-order valence-corrected chi connectivity index (χ0v) is 29.5. The quantitative estimate of drug-likeness (QED) is 0.156. The third kappa shape index (κ3) is 6.29. The predicted molar refractivity (Wildman–Crippen MR) is 193 cm³/mol. The molecule has 3 aliphatic heterocycles. The molecule has 3 aromatic heterocycles. The zero-order chi connectivity index (χ0) is 36.1. The van der Waals surface area contributed by atoms with Gasteiger partial charge >= 0.3 is 6.01 Å². The fourth-order valence-corrected chi connectivity index (χ4v) is 8.21. The molecule has 0 radical (unpaired) electrons. The minimum Gasteiger partial charge on any atom is -0.461 e. The van der Waals surface area contributed by atoms with Gasteiger partial charge in [0, 0.05) is 80.0 Å². The number of carbonyl (C=O) groups excluding carboxylic acids is 1. The van der Waals surface area contributed by atoms with Gasteiger partial charge in [-0.2, -0.15) is 9.97 Å². The van der Waals surface area contributed by atoms with E-state index in [0.717, 1.165) is 30.8 Å². The van der Waals surface area contributed by atoms with Crippen molar-refractivity contribution >= 4 is 51.1 Å². The van der Waals surface area contributed by atoms with Gasteiger partial charge in [-0.25, -0.2) is 23.1 Å². The Bertz CT molecular complexity index is 2230. The van der Waals surface area contributed by atoms with Crippen LogP contribution in [0.1, 0.15) is 30.8 Å². The summed E-state index contributed by atoms with van der Waals surface area (Å²) in [6.45, 7) is 4.10. The number of aryl methyl sites for hydroxylation is 1. The summed E-state index contributed by atoms with van der Waals surface area (Å²) in [5.74, 6) is -1.42. The Labute approximate surface area is 303 Å². The summed E-state index contributed by atoms with van der Waals surface area (Å²) in [7, 11) is 1.81. The van der Waals surface area contributed by atoms with Crippen molar-refractivity contribution in [2.45, 2.75) is 37.9 Å². The number of halogens is 4. The van der Waals surface area contributed by atoms with E-state index in [1.54, 1.807) is 25.3 Å². The van der Waals surface area contributed by atoms with Gasteiger partial charge in [-0.3, -0.25) is 14.7 Å². The second-order valence-corrected chi connectivity index (χ2v) is 14.4. The Morgan fingerprint density at radius 3 is 2.73 bits per heavy atom. The number of anilines is 1. The number of rotatable bonds is 9.